The van der Waals surface area contributed by atoms with Crippen molar-refractivity contribution in [2.75, 3.05) is 6.61 Å². The maximum atomic E-state index is 11.8. The molecule has 5 atom stereocenters. The van der Waals surface area contributed by atoms with E-state index in [1.807, 2.05) is 0 Å². The summed E-state index contributed by atoms with van der Waals surface area (Å²) in [7, 11) is 0. The largest absolute Gasteiger partial charge is 0.504 e. The molecule has 1 aliphatic heterocycles. The second kappa shape index (κ2) is 10.7. The maximum absolute atomic E-state index is 11.8. The van der Waals surface area contributed by atoms with Crippen LogP contribution in [0.2, 0.25) is 0 Å². The van der Waals surface area contributed by atoms with Gasteiger partial charge in [-0.1, -0.05) is 6.07 Å². The number of carbonyl (C=O) groups is 4. The molecule has 0 saturated carbocycles. The molecule has 0 amide bonds. The van der Waals surface area contributed by atoms with E-state index in [2.05, 4.69) is 0 Å². The summed E-state index contributed by atoms with van der Waals surface area (Å²) < 4.78 is 32.0. The standard InChI is InChI=1S/C20H24O12/c1-9(21)27-8-15-17(28-10(2)22)18(29-11(3)23)19(30-12(4)24)20(32-15)31-14-7-5-6-13(25)16(14)26/h5-7,15,17-20,25-26H,8H2,1-4H3/t15-,17+,18?,19-,20-/m1/s1. The molecule has 32 heavy (non-hydrogen) atoms. The normalized spacial score (nSPS) is 24.7. The van der Waals surface area contributed by atoms with Crippen molar-refractivity contribution in [1.82, 2.24) is 0 Å². The number of aromatic hydroxyl groups is 2. The van der Waals surface area contributed by atoms with Gasteiger partial charge >= 0.3 is 23.9 Å². The Morgan fingerprint density at radius 2 is 1.41 bits per heavy atom. The molecular weight excluding hydrogens is 432 g/mol. The van der Waals surface area contributed by atoms with Gasteiger partial charge in [-0.05, 0) is 12.1 Å². The van der Waals surface area contributed by atoms with E-state index < -0.39 is 72.7 Å². The van der Waals surface area contributed by atoms with Crippen LogP contribution in [0, 0.1) is 0 Å². The zero-order chi connectivity index (χ0) is 24.0. The summed E-state index contributed by atoms with van der Waals surface area (Å²) in [6.45, 7) is 3.99. The van der Waals surface area contributed by atoms with Gasteiger partial charge in [0.05, 0.1) is 0 Å². The average Bonchev–Trinajstić information content (AvgIpc) is 2.67. The monoisotopic (exact) mass is 456 g/mol. The number of hydrogen-bond donors (Lipinski definition) is 2. The molecule has 2 N–H and O–H groups in total. The number of esters is 4. The number of hydrogen-bond acceptors (Lipinski definition) is 12. The van der Waals surface area contributed by atoms with Crippen LogP contribution in [0.15, 0.2) is 18.2 Å². The van der Waals surface area contributed by atoms with Crippen molar-refractivity contribution in [3.8, 4) is 17.2 Å². The zero-order valence-corrected chi connectivity index (χ0v) is 17.8. The first-order chi connectivity index (χ1) is 15.0. The van der Waals surface area contributed by atoms with E-state index in [-0.39, 0.29) is 5.75 Å². The molecule has 1 unspecified atom stereocenters. The second-order valence-corrected chi connectivity index (χ2v) is 6.81. The number of para-hydroxylation sites is 1. The highest BCUT2D eigenvalue weighted by molar-refractivity contribution is 5.68. The van der Waals surface area contributed by atoms with E-state index in [0.29, 0.717) is 0 Å². The Morgan fingerprint density at radius 3 is 1.97 bits per heavy atom. The quantitative estimate of drug-likeness (QED) is 0.333. The molecule has 1 fully saturated rings. The Bertz CT molecular complexity index is 866. The van der Waals surface area contributed by atoms with Crippen LogP contribution >= 0.6 is 0 Å². The summed E-state index contributed by atoms with van der Waals surface area (Å²) in [5.74, 6) is -4.39. The summed E-state index contributed by atoms with van der Waals surface area (Å²) in [6.07, 6.45) is -6.94. The van der Waals surface area contributed by atoms with Crippen molar-refractivity contribution >= 4 is 23.9 Å². The molecular formula is C20H24O12. The van der Waals surface area contributed by atoms with Crippen LogP contribution in [0.1, 0.15) is 27.7 Å². The molecule has 0 bridgehead atoms. The lowest BCUT2D eigenvalue weighted by molar-refractivity contribution is -0.288. The van der Waals surface area contributed by atoms with Crippen LogP contribution in [0.4, 0.5) is 0 Å². The SMILES string of the molecule is CC(=O)OC[C@H]1O[C@@H](Oc2cccc(O)c2O)[C@H](OC(C)=O)C(OC(C)=O)[C@H]1OC(C)=O. The summed E-state index contributed by atoms with van der Waals surface area (Å²) in [6, 6.07) is 3.87. The number of rotatable bonds is 7. The van der Waals surface area contributed by atoms with Crippen LogP contribution in [-0.2, 0) is 42.9 Å². The van der Waals surface area contributed by atoms with Crippen molar-refractivity contribution < 1.29 is 57.8 Å². The summed E-state index contributed by atoms with van der Waals surface area (Å²) in [4.78, 5) is 46.5. The Balaban J connectivity index is 2.49. The molecule has 12 nitrogen and oxygen atoms in total. The molecule has 1 aliphatic rings. The van der Waals surface area contributed by atoms with Crippen molar-refractivity contribution in [1.29, 1.82) is 0 Å². The molecule has 2 rings (SSSR count). The van der Waals surface area contributed by atoms with Crippen molar-refractivity contribution in [3.63, 3.8) is 0 Å². The number of ether oxygens (including phenoxy) is 6. The third kappa shape index (κ3) is 6.48. The third-order valence-electron chi connectivity index (χ3n) is 4.17. The Hall–Kier alpha value is -3.54. The molecule has 1 heterocycles. The highest BCUT2D eigenvalue weighted by atomic mass is 16.7. The summed E-state index contributed by atoms with van der Waals surface area (Å²) >= 11 is 0. The van der Waals surface area contributed by atoms with Crippen molar-refractivity contribution in [2.24, 2.45) is 0 Å². The van der Waals surface area contributed by atoms with Gasteiger partial charge in [0.1, 0.15) is 12.7 Å². The minimum Gasteiger partial charge on any atom is -0.504 e. The minimum absolute atomic E-state index is 0.245. The fraction of sp³-hybridized carbons (Fsp3) is 0.500. The fourth-order valence-electron chi connectivity index (χ4n) is 3.01. The third-order valence-corrected chi connectivity index (χ3v) is 4.17. The number of phenolic OH excluding ortho intramolecular Hbond substituents is 2. The lowest BCUT2D eigenvalue weighted by Crippen LogP contribution is -2.63. The molecule has 12 heteroatoms. The minimum atomic E-state index is -1.52. The topological polar surface area (TPSA) is 164 Å². The first-order valence-electron chi connectivity index (χ1n) is 9.47. The first kappa shape index (κ1) is 24.7. The highest BCUT2D eigenvalue weighted by Crippen LogP contribution is 2.38. The van der Waals surface area contributed by atoms with Gasteiger partial charge in [-0.3, -0.25) is 19.2 Å². The lowest BCUT2D eigenvalue weighted by atomic mass is 9.98. The number of benzene rings is 1. The Labute approximate surface area is 182 Å². The molecule has 1 saturated heterocycles. The van der Waals surface area contributed by atoms with E-state index in [0.717, 1.165) is 27.7 Å². The van der Waals surface area contributed by atoms with Crippen molar-refractivity contribution in [2.45, 2.75) is 58.4 Å². The van der Waals surface area contributed by atoms with Gasteiger partial charge in [0, 0.05) is 27.7 Å². The molecule has 176 valence electrons. The average molecular weight is 456 g/mol. The van der Waals surface area contributed by atoms with Crippen LogP contribution in [0.3, 0.4) is 0 Å². The van der Waals surface area contributed by atoms with E-state index in [1.165, 1.54) is 18.2 Å². The second-order valence-electron chi connectivity index (χ2n) is 6.81. The van der Waals surface area contributed by atoms with E-state index in [9.17, 15) is 29.4 Å². The summed E-state index contributed by atoms with van der Waals surface area (Å²) in [5.41, 5.74) is 0. The van der Waals surface area contributed by atoms with E-state index >= 15 is 0 Å². The van der Waals surface area contributed by atoms with Gasteiger partial charge in [-0.15, -0.1) is 0 Å². The van der Waals surface area contributed by atoms with Crippen LogP contribution in [-0.4, -0.2) is 71.4 Å². The number of carbonyl (C=O) groups excluding carboxylic acids is 4. The molecule has 1 aromatic rings. The zero-order valence-electron chi connectivity index (χ0n) is 17.8. The maximum Gasteiger partial charge on any atom is 0.303 e. The van der Waals surface area contributed by atoms with Gasteiger partial charge in [0.25, 0.3) is 0 Å². The van der Waals surface area contributed by atoms with Crippen LogP contribution in [0.5, 0.6) is 17.2 Å². The van der Waals surface area contributed by atoms with Gasteiger partial charge in [-0.25, -0.2) is 0 Å². The molecule has 0 radical (unpaired) electrons. The van der Waals surface area contributed by atoms with Crippen molar-refractivity contribution in [3.05, 3.63) is 18.2 Å². The highest BCUT2D eigenvalue weighted by Gasteiger charge is 2.53. The summed E-state index contributed by atoms with van der Waals surface area (Å²) in [5, 5.41) is 19.8. The first-order valence-corrected chi connectivity index (χ1v) is 9.47. The van der Waals surface area contributed by atoms with E-state index in [4.69, 9.17) is 28.4 Å². The molecule has 0 aromatic heterocycles. The Morgan fingerprint density at radius 1 is 0.844 bits per heavy atom. The number of phenols is 2. The predicted octanol–water partition coefficient (Wildman–Crippen LogP) is 0.560. The van der Waals surface area contributed by atoms with Gasteiger partial charge < -0.3 is 38.6 Å². The van der Waals surface area contributed by atoms with Crippen LogP contribution < -0.4 is 4.74 Å². The van der Waals surface area contributed by atoms with Crippen LogP contribution in [0.25, 0.3) is 0 Å². The smallest absolute Gasteiger partial charge is 0.303 e. The van der Waals surface area contributed by atoms with Gasteiger partial charge in [0.15, 0.2) is 23.7 Å². The fourth-order valence-corrected chi connectivity index (χ4v) is 3.01. The van der Waals surface area contributed by atoms with Gasteiger partial charge in [0.2, 0.25) is 18.1 Å². The predicted molar refractivity (Wildman–Crippen MR) is 102 cm³/mol. The van der Waals surface area contributed by atoms with E-state index in [1.54, 1.807) is 0 Å². The molecule has 0 spiro atoms. The van der Waals surface area contributed by atoms with Gasteiger partial charge in [-0.2, -0.15) is 0 Å². The Kier molecular flexibility index (Phi) is 8.24. The molecule has 1 aromatic carbocycles. The lowest BCUT2D eigenvalue weighted by Gasteiger charge is -2.43. The molecule has 0 aliphatic carbocycles.